The molecule has 2 aromatic heterocycles. The van der Waals surface area contributed by atoms with Crippen molar-refractivity contribution in [3.8, 4) is 0 Å². The van der Waals surface area contributed by atoms with Crippen LogP contribution in [0.4, 0.5) is 5.82 Å². The summed E-state index contributed by atoms with van der Waals surface area (Å²) >= 11 is 1.92. The second-order valence-electron chi connectivity index (χ2n) is 9.47. The molecule has 1 unspecified atom stereocenters. The van der Waals surface area contributed by atoms with E-state index < -0.39 is 0 Å². The summed E-state index contributed by atoms with van der Waals surface area (Å²) in [5.41, 5.74) is 7.65. The number of rotatable bonds is 4. The lowest BCUT2D eigenvalue weighted by atomic mass is 9.72. The highest BCUT2D eigenvalue weighted by Gasteiger charge is 2.32. The van der Waals surface area contributed by atoms with Gasteiger partial charge in [-0.05, 0) is 49.0 Å². The fourth-order valence-corrected chi connectivity index (χ4v) is 6.10. The number of hydrogen-bond acceptors (Lipinski definition) is 5. The Kier molecular flexibility index (Phi) is 5.43. The minimum Gasteiger partial charge on any atom is -0.368 e. The van der Waals surface area contributed by atoms with Gasteiger partial charge in [-0.3, -0.25) is 0 Å². The Labute approximate surface area is 167 Å². The van der Waals surface area contributed by atoms with Crippen molar-refractivity contribution in [2.24, 2.45) is 17.1 Å². The van der Waals surface area contributed by atoms with Gasteiger partial charge < -0.3 is 11.1 Å². The molecule has 2 aliphatic carbocycles. The number of thiophene rings is 1. The number of nitrogens with zero attached hydrogens (tertiary/aromatic N) is 2. The van der Waals surface area contributed by atoms with Gasteiger partial charge in [0.05, 0.1) is 5.39 Å². The van der Waals surface area contributed by atoms with E-state index in [-0.39, 0.29) is 0 Å². The maximum absolute atomic E-state index is 5.78. The van der Waals surface area contributed by atoms with Crippen molar-refractivity contribution in [3.05, 3.63) is 16.3 Å². The largest absolute Gasteiger partial charge is 0.368 e. The monoisotopic (exact) mass is 386 g/mol. The summed E-state index contributed by atoms with van der Waals surface area (Å²) in [5.74, 6) is 3.39. The standard InChI is InChI=1S/C22H34N4S/c1-22(2,3)15-9-10-16-17(13-15)27-21-18(16)20(24-12-11-23)25-19(26-21)14-7-5-4-6-8-14/h14-15H,4-13,23H2,1-3H3,(H,24,25,26). The van der Waals surface area contributed by atoms with E-state index in [0.717, 1.165) is 30.5 Å². The first kappa shape index (κ1) is 19.1. The first-order valence-corrected chi connectivity index (χ1v) is 11.5. The highest BCUT2D eigenvalue weighted by molar-refractivity contribution is 7.19. The fraction of sp³-hybridized carbons (Fsp3) is 0.727. The zero-order chi connectivity index (χ0) is 19.0. The number of fused-ring (bicyclic) bond motifs is 3. The first-order chi connectivity index (χ1) is 13.0. The van der Waals surface area contributed by atoms with Crippen molar-refractivity contribution in [2.75, 3.05) is 18.4 Å². The number of nitrogens with one attached hydrogen (secondary N) is 1. The molecule has 1 saturated carbocycles. The van der Waals surface area contributed by atoms with Gasteiger partial charge in [0.2, 0.25) is 0 Å². The first-order valence-electron chi connectivity index (χ1n) is 10.7. The Hall–Kier alpha value is -1.20. The van der Waals surface area contributed by atoms with E-state index in [1.807, 2.05) is 11.3 Å². The zero-order valence-electron chi connectivity index (χ0n) is 17.1. The number of hydrogen-bond donors (Lipinski definition) is 2. The van der Waals surface area contributed by atoms with Gasteiger partial charge in [-0.2, -0.15) is 0 Å². The second kappa shape index (κ2) is 7.67. The van der Waals surface area contributed by atoms with E-state index in [9.17, 15) is 0 Å². The molecular formula is C22H34N4S. The Morgan fingerprint density at radius 2 is 1.89 bits per heavy atom. The van der Waals surface area contributed by atoms with Crippen LogP contribution in [0.15, 0.2) is 0 Å². The normalized spacial score (nSPS) is 21.4. The lowest BCUT2D eigenvalue weighted by Crippen LogP contribution is -2.26. The zero-order valence-corrected chi connectivity index (χ0v) is 17.9. The van der Waals surface area contributed by atoms with Gasteiger partial charge in [-0.25, -0.2) is 9.97 Å². The molecule has 2 aliphatic rings. The smallest absolute Gasteiger partial charge is 0.138 e. The molecule has 27 heavy (non-hydrogen) atoms. The topological polar surface area (TPSA) is 63.8 Å². The molecule has 0 aliphatic heterocycles. The van der Waals surface area contributed by atoms with E-state index in [0.29, 0.717) is 17.9 Å². The number of aromatic nitrogens is 2. The molecule has 0 amide bonds. The molecule has 4 nitrogen and oxygen atoms in total. The molecule has 2 aromatic rings. The summed E-state index contributed by atoms with van der Waals surface area (Å²) in [4.78, 5) is 12.9. The molecule has 0 saturated heterocycles. The number of aryl methyl sites for hydroxylation is 1. The number of nitrogens with two attached hydrogens (primary N) is 1. The predicted octanol–water partition coefficient (Wildman–Crippen LogP) is 5.26. The van der Waals surface area contributed by atoms with E-state index >= 15 is 0 Å². The molecule has 1 atom stereocenters. The average molecular weight is 387 g/mol. The summed E-state index contributed by atoms with van der Waals surface area (Å²) < 4.78 is 0. The molecule has 3 N–H and O–H groups in total. The maximum atomic E-state index is 5.78. The quantitative estimate of drug-likeness (QED) is 0.752. The fourth-order valence-electron chi connectivity index (χ4n) is 4.80. The molecule has 0 radical (unpaired) electrons. The van der Waals surface area contributed by atoms with Crippen LogP contribution in [0.1, 0.15) is 81.5 Å². The Morgan fingerprint density at radius 1 is 1.11 bits per heavy atom. The molecule has 5 heteroatoms. The summed E-state index contributed by atoms with van der Waals surface area (Å²) in [5, 5.41) is 4.81. The summed E-state index contributed by atoms with van der Waals surface area (Å²) in [6, 6.07) is 0. The minimum atomic E-state index is 0.368. The van der Waals surface area contributed by atoms with Crippen LogP contribution in [-0.2, 0) is 12.8 Å². The Bertz CT molecular complexity index is 799. The maximum Gasteiger partial charge on any atom is 0.138 e. The number of anilines is 1. The van der Waals surface area contributed by atoms with Crippen LogP contribution in [0, 0.1) is 11.3 Å². The average Bonchev–Trinajstić information content (AvgIpc) is 3.03. The third kappa shape index (κ3) is 3.86. The summed E-state index contributed by atoms with van der Waals surface area (Å²) in [6.45, 7) is 8.54. The lowest BCUT2D eigenvalue weighted by Gasteiger charge is -2.33. The van der Waals surface area contributed by atoms with E-state index in [4.69, 9.17) is 15.7 Å². The van der Waals surface area contributed by atoms with Crippen LogP contribution < -0.4 is 11.1 Å². The minimum absolute atomic E-state index is 0.368. The van der Waals surface area contributed by atoms with E-state index in [2.05, 4.69) is 26.1 Å². The lowest BCUT2D eigenvalue weighted by molar-refractivity contribution is 0.218. The van der Waals surface area contributed by atoms with Crippen LogP contribution in [0.3, 0.4) is 0 Å². The molecule has 0 bridgehead atoms. The highest BCUT2D eigenvalue weighted by Crippen LogP contribution is 2.45. The molecule has 2 heterocycles. The third-order valence-corrected chi connectivity index (χ3v) is 7.71. The van der Waals surface area contributed by atoms with E-state index in [1.165, 1.54) is 60.7 Å². The molecule has 1 fully saturated rings. The van der Waals surface area contributed by atoms with Crippen molar-refractivity contribution in [2.45, 2.75) is 78.1 Å². The van der Waals surface area contributed by atoms with Crippen LogP contribution >= 0.6 is 11.3 Å². The Morgan fingerprint density at radius 3 is 2.59 bits per heavy atom. The predicted molar refractivity (Wildman–Crippen MR) is 116 cm³/mol. The van der Waals surface area contributed by atoms with Gasteiger partial charge in [0.1, 0.15) is 16.5 Å². The summed E-state index contributed by atoms with van der Waals surface area (Å²) in [6.07, 6.45) is 10.1. The molecule has 0 aromatic carbocycles. The van der Waals surface area contributed by atoms with Gasteiger partial charge in [-0.15, -0.1) is 11.3 Å². The van der Waals surface area contributed by atoms with Crippen molar-refractivity contribution in [1.29, 1.82) is 0 Å². The molecule has 0 spiro atoms. The van der Waals surface area contributed by atoms with Crippen LogP contribution in [0.25, 0.3) is 10.2 Å². The van der Waals surface area contributed by atoms with Crippen molar-refractivity contribution in [3.63, 3.8) is 0 Å². The highest BCUT2D eigenvalue weighted by atomic mass is 32.1. The van der Waals surface area contributed by atoms with Gasteiger partial charge in [-0.1, -0.05) is 40.0 Å². The van der Waals surface area contributed by atoms with Gasteiger partial charge >= 0.3 is 0 Å². The SMILES string of the molecule is CC(C)(C)C1CCc2c(sc3nc(C4CCCCC4)nc(NCCN)c23)C1. The molecular weight excluding hydrogens is 352 g/mol. The molecule has 4 rings (SSSR count). The van der Waals surface area contributed by atoms with Crippen molar-refractivity contribution < 1.29 is 0 Å². The van der Waals surface area contributed by atoms with Gasteiger partial charge in [0, 0.05) is 23.9 Å². The van der Waals surface area contributed by atoms with Crippen molar-refractivity contribution in [1.82, 2.24) is 9.97 Å². The Balaban J connectivity index is 1.75. The van der Waals surface area contributed by atoms with Crippen LogP contribution in [-0.4, -0.2) is 23.1 Å². The molecule has 148 valence electrons. The van der Waals surface area contributed by atoms with Gasteiger partial charge in [0.15, 0.2) is 0 Å². The summed E-state index contributed by atoms with van der Waals surface area (Å²) in [7, 11) is 0. The van der Waals surface area contributed by atoms with Crippen LogP contribution in [0.5, 0.6) is 0 Å². The third-order valence-electron chi connectivity index (χ3n) is 6.56. The van der Waals surface area contributed by atoms with Crippen molar-refractivity contribution >= 4 is 27.4 Å². The second-order valence-corrected chi connectivity index (χ2v) is 10.6. The van der Waals surface area contributed by atoms with Gasteiger partial charge in [0.25, 0.3) is 0 Å². The van der Waals surface area contributed by atoms with E-state index in [1.54, 1.807) is 4.88 Å². The van der Waals surface area contributed by atoms with Crippen LogP contribution in [0.2, 0.25) is 0 Å².